The third kappa shape index (κ3) is 3.56. The Morgan fingerprint density at radius 1 is 1.47 bits per heavy atom. The molecule has 0 amide bonds. The number of hydrogen-bond donors (Lipinski definition) is 2. The van der Waals surface area contributed by atoms with Gasteiger partial charge < -0.3 is 9.63 Å². The van der Waals surface area contributed by atoms with E-state index in [9.17, 15) is 4.57 Å². The summed E-state index contributed by atoms with van der Waals surface area (Å²) in [7, 11) is -3.03. The number of hydrogen-bond acceptors (Lipinski definition) is 3. The minimum absolute atomic E-state index is 0.0976. The van der Waals surface area contributed by atoms with Crippen LogP contribution in [0.5, 0.6) is 0 Å². The summed E-state index contributed by atoms with van der Waals surface area (Å²) in [6.45, 7) is 1.03. The molecule has 5 nitrogen and oxygen atoms in total. The molecule has 90 valence electrons. The first-order valence-corrected chi connectivity index (χ1v) is 7.31. The molecular formula is C7H15Cl2N2O3P. The summed E-state index contributed by atoms with van der Waals surface area (Å²) >= 11 is 11.2. The van der Waals surface area contributed by atoms with Crippen LogP contribution < -0.4 is 5.09 Å². The Kier molecular flexibility index (Phi) is 5.85. The number of halogens is 2. The zero-order chi connectivity index (χ0) is 11.3. The first kappa shape index (κ1) is 13.7. The highest BCUT2D eigenvalue weighted by molar-refractivity contribution is 7.54. The van der Waals surface area contributed by atoms with Crippen LogP contribution in [0.1, 0.15) is 0 Å². The summed E-state index contributed by atoms with van der Waals surface area (Å²) < 4.78 is 19.0. The molecule has 0 aromatic carbocycles. The molecule has 15 heavy (non-hydrogen) atoms. The van der Waals surface area contributed by atoms with Gasteiger partial charge in [0.25, 0.3) is 0 Å². The van der Waals surface area contributed by atoms with Gasteiger partial charge in [-0.1, -0.05) is 0 Å². The highest BCUT2D eigenvalue weighted by Crippen LogP contribution is 2.50. The van der Waals surface area contributed by atoms with Crippen LogP contribution in [0.3, 0.4) is 0 Å². The lowest BCUT2D eigenvalue weighted by molar-refractivity contribution is 0.227. The Morgan fingerprint density at radius 3 is 2.47 bits per heavy atom. The molecule has 0 bridgehead atoms. The van der Waals surface area contributed by atoms with Crippen LogP contribution in [-0.4, -0.2) is 53.9 Å². The molecule has 0 unspecified atom stereocenters. The molecule has 1 aliphatic heterocycles. The summed E-state index contributed by atoms with van der Waals surface area (Å²) in [5.74, 6) is 0.714. The van der Waals surface area contributed by atoms with Gasteiger partial charge in [0.1, 0.15) is 0 Å². The number of nitrogens with one attached hydrogen (secondary N) is 1. The second-order valence-electron chi connectivity index (χ2n) is 3.16. The molecule has 2 N–H and O–H groups in total. The third-order valence-electron chi connectivity index (χ3n) is 2.07. The van der Waals surface area contributed by atoms with Crippen LogP contribution in [0.4, 0.5) is 0 Å². The highest BCUT2D eigenvalue weighted by atomic mass is 35.5. The second-order valence-corrected chi connectivity index (χ2v) is 6.04. The van der Waals surface area contributed by atoms with Gasteiger partial charge in [0.15, 0.2) is 0 Å². The molecule has 0 aromatic rings. The van der Waals surface area contributed by atoms with Crippen LogP contribution in [-0.2, 0) is 9.09 Å². The van der Waals surface area contributed by atoms with E-state index < -0.39 is 7.67 Å². The molecule has 0 radical (unpaired) electrons. The van der Waals surface area contributed by atoms with Gasteiger partial charge in [0.2, 0.25) is 0 Å². The van der Waals surface area contributed by atoms with Crippen LogP contribution in [0, 0.1) is 0 Å². The Morgan fingerprint density at radius 2 is 2.07 bits per heavy atom. The summed E-state index contributed by atoms with van der Waals surface area (Å²) in [6.07, 6.45) is 0. The van der Waals surface area contributed by atoms with E-state index in [-0.39, 0.29) is 19.3 Å². The topological polar surface area (TPSA) is 61.8 Å². The van der Waals surface area contributed by atoms with E-state index in [2.05, 4.69) is 5.09 Å². The van der Waals surface area contributed by atoms with E-state index in [1.807, 2.05) is 0 Å². The maximum absolute atomic E-state index is 12.2. The lowest BCUT2D eigenvalue weighted by Gasteiger charge is -2.25. The first-order valence-electron chi connectivity index (χ1n) is 4.67. The quantitative estimate of drug-likeness (QED) is 0.557. The van der Waals surface area contributed by atoms with Gasteiger partial charge in [0.05, 0.1) is 19.3 Å². The van der Waals surface area contributed by atoms with Crippen molar-refractivity contribution >= 4 is 30.9 Å². The van der Waals surface area contributed by atoms with Crippen molar-refractivity contribution in [3.63, 3.8) is 0 Å². The first-order chi connectivity index (χ1) is 7.16. The van der Waals surface area contributed by atoms with E-state index in [4.69, 9.17) is 32.8 Å². The zero-order valence-electron chi connectivity index (χ0n) is 8.23. The standard InChI is InChI=1S/C7H15Cl2N2O3P/c8-1-3-11(4-2-9)15(13)10-7(5-12)6-14-15/h7,12H,1-6H2,(H,10,13)/t7-,15-/m1/s1. The maximum Gasteiger partial charge on any atom is 0.343 e. The van der Waals surface area contributed by atoms with Crippen molar-refractivity contribution in [2.24, 2.45) is 0 Å². The molecule has 2 atom stereocenters. The smallest absolute Gasteiger partial charge is 0.343 e. The van der Waals surface area contributed by atoms with E-state index >= 15 is 0 Å². The number of rotatable bonds is 6. The van der Waals surface area contributed by atoms with Crippen molar-refractivity contribution in [3.8, 4) is 0 Å². The molecule has 1 fully saturated rings. The van der Waals surface area contributed by atoms with E-state index in [0.29, 0.717) is 24.8 Å². The van der Waals surface area contributed by atoms with Crippen molar-refractivity contribution in [1.29, 1.82) is 0 Å². The number of alkyl halides is 2. The lowest BCUT2D eigenvalue weighted by Crippen LogP contribution is -2.33. The van der Waals surface area contributed by atoms with Crippen LogP contribution >= 0.6 is 30.9 Å². The highest BCUT2D eigenvalue weighted by Gasteiger charge is 2.39. The van der Waals surface area contributed by atoms with Crippen molar-refractivity contribution in [2.75, 3.05) is 38.1 Å². The van der Waals surface area contributed by atoms with Gasteiger partial charge in [-0.05, 0) is 0 Å². The Bertz CT molecular complexity index is 238. The summed E-state index contributed by atoms with van der Waals surface area (Å²) in [5.41, 5.74) is 0. The molecule has 0 saturated carbocycles. The number of nitrogens with zero attached hydrogens (tertiary/aromatic N) is 1. The van der Waals surface area contributed by atoms with E-state index in [1.54, 1.807) is 4.67 Å². The SMILES string of the molecule is O=[P@]1(N(CCCl)CCCl)N[C@H](CO)CO1. The molecule has 1 aliphatic rings. The molecule has 1 heterocycles. The number of aliphatic hydroxyl groups excluding tert-OH is 1. The van der Waals surface area contributed by atoms with Crippen LogP contribution in [0.15, 0.2) is 0 Å². The van der Waals surface area contributed by atoms with Crippen molar-refractivity contribution < 1.29 is 14.2 Å². The Labute approximate surface area is 99.2 Å². The predicted octanol–water partition coefficient (Wildman–Crippen LogP) is 0.855. The fraction of sp³-hybridized carbons (Fsp3) is 1.00. The second kappa shape index (κ2) is 6.40. The van der Waals surface area contributed by atoms with Crippen LogP contribution in [0.2, 0.25) is 0 Å². The monoisotopic (exact) mass is 276 g/mol. The minimum Gasteiger partial charge on any atom is -0.395 e. The fourth-order valence-electron chi connectivity index (χ4n) is 1.32. The van der Waals surface area contributed by atoms with Gasteiger partial charge >= 0.3 is 7.67 Å². The Hall–Kier alpha value is 0.650. The molecule has 0 aromatic heterocycles. The van der Waals surface area contributed by atoms with E-state index in [0.717, 1.165) is 0 Å². The van der Waals surface area contributed by atoms with E-state index in [1.165, 1.54) is 0 Å². The zero-order valence-corrected chi connectivity index (χ0v) is 10.6. The maximum atomic E-state index is 12.2. The summed E-state index contributed by atoms with van der Waals surface area (Å²) in [5, 5.41) is 11.7. The van der Waals surface area contributed by atoms with Crippen molar-refractivity contribution in [3.05, 3.63) is 0 Å². The minimum atomic E-state index is -3.03. The third-order valence-corrected chi connectivity index (χ3v) is 4.75. The molecule has 1 saturated heterocycles. The van der Waals surface area contributed by atoms with Crippen molar-refractivity contribution in [2.45, 2.75) is 6.04 Å². The predicted molar refractivity (Wildman–Crippen MR) is 60.6 cm³/mol. The number of aliphatic hydroxyl groups is 1. The normalized spacial score (nSPS) is 31.3. The van der Waals surface area contributed by atoms with Gasteiger partial charge in [-0.3, -0.25) is 4.57 Å². The molecule has 1 rings (SSSR count). The van der Waals surface area contributed by atoms with Gasteiger partial charge in [0, 0.05) is 24.8 Å². The Balaban J connectivity index is 2.61. The molecule has 8 heteroatoms. The largest absolute Gasteiger partial charge is 0.395 e. The molecule has 0 aliphatic carbocycles. The summed E-state index contributed by atoms with van der Waals surface area (Å²) in [6, 6.07) is -0.274. The van der Waals surface area contributed by atoms with Crippen molar-refractivity contribution in [1.82, 2.24) is 9.76 Å². The fourth-order valence-corrected chi connectivity index (χ4v) is 4.09. The van der Waals surface area contributed by atoms with Gasteiger partial charge in [-0.25, -0.2) is 9.76 Å². The van der Waals surface area contributed by atoms with Gasteiger partial charge in [-0.15, -0.1) is 23.2 Å². The lowest BCUT2D eigenvalue weighted by atomic mass is 10.4. The van der Waals surface area contributed by atoms with Crippen LogP contribution in [0.25, 0.3) is 0 Å². The molecule has 0 spiro atoms. The molecular weight excluding hydrogens is 262 g/mol. The summed E-state index contributed by atoms with van der Waals surface area (Å²) in [4.78, 5) is 0. The average molecular weight is 277 g/mol. The average Bonchev–Trinajstić information content (AvgIpc) is 2.61. The van der Waals surface area contributed by atoms with Gasteiger partial charge in [-0.2, -0.15) is 0 Å².